The van der Waals surface area contributed by atoms with Crippen LogP contribution in [0.4, 0.5) is 0 Å². The Morgan fingerprint density at radius 2 is 1.36 bits per heavy atom. The van der Waals surface area contributed by atoms with Gasteiger partial charge in [-0.25, -0.2) is 0 Å². The number of aliphatic hydroxyl groups is 2. The number of nitrogens with zero attached hydrogens (tertiary/aromatic N) is 1. The van der Waals surface area contributed by atoms with Crippen molar-refractivity contribution in [1.82, 2.24) is 4.90 Å². The van der Waals surface area contributed by atoms with E-state index in [0.717, 1.165) is 32.1 Å². The van der Waals surface area contributed by atoms with Crippen LogP contribution in [0.1, 0.15) is 128 Å². The molecular weight excluding hydrogens is 528 g/mol. The van der Waals surface area contributed by atoms with Gasteiger partial charge in [0.25, 0.3) is 0 Å². The minimum absolute atomic E-state index is 0.0820. The third-order valence-electron chi connectivity index (χ3n) is 8.71. The highest BCUT2D eigenvalue weighted by Crippen LogP contribution is 2.22. The SMILES string of the molecule is CCCCCCCCCCCCCCCCCC(=O)N(CCCCc1ccccc1)C[C@H]1O[C@H](OC)[C@H](N)[C@@H](O)[C@@H]1O. The molecule has 1 heterocycles. The summed E-state index contributed by atoms with van der Waals surface area (Å²) >= 11 is 0. The Kier molecular flexibility index (Phi) is 20.0. The molecule has 1 fully saturated rings. The van der Waals surface area contributed by atoms with Crippen molar-refractivity contribution in [2.75, 3.05) is 20.2 Å². The van der Waals surface area contributed by atoms with Crippen LogP contribution in [0.2, 0.25) is 0 Å². The largest absolute Gasteiger partial charge is 0.388 e. The van der Waals surface area contributed by atoms with Crippen molar-refractivity contribution in [3.05, 3.63) is 35.9 Å². The van der Waals surface area contributed by atoms with Gasteiger partial charge in [0.1, 0.15) is 18.3 Å². The minimum atomic E-state index is -1.17. The van der Waals surface area contributed by atoms with Gasteiger partial charge in [0, 0.05) is 26.6 Å². The van der Waals surface area contributed by atoms with Crippen molar-refractivity contribution in [1.29, 1.82) is 0 Å². The molecule has 1 aromatic rings. The van der Waals surface area contributed by atoms with E-state index in [2.05, 4.69) is 19.1 Å². The molecule has 0 spiro atoms. The van der Waals surface area contributed by atoms with Gasteiger partial charge in [0.15, 0.2) is 6.29 Å². The number of amides is 1. The molecule has 1 amide bonds. The number of carbonyl (C=O) groups is 1. The molecule has 0 bridgehead atoms. The number of hydrogen-bond donors (Lipinski definition) is 3. The lowest BCUT2D eigenvalue weighted by Gasteiger charge is -2.42. The van der Waals surface area contributed by atoms with E-state index in [0.29, 0.717) is 13.0 Å². The van der Waals surface area contributed by atoms with Crippen molar-refractivity contribution in [3.63, 3.8) is 0 Å². The molecule has 1 aliphatic heterocycles. The number of rotatable bonds is 24. The molecule has 1 aromatic carbocycles. The number of benzene rings is 1. The molecule has 0 saturated carbocycles. The monoisotopic (exact) mass is 590 g/mol. The van der Waals surface area contributed by atoms with Crippen molar-refractivity contribution in [3.8, 4) is 0 Å². The topological polar surface area (TPSA) is 105 Å². The fraction of sp³-hybridized carbons (Fsp3) is 0.800. The number of ether oxygens (including phenoxy) is 2. The van der Waals surface area contributed by atoms with Crippen molar-refractivity contribution in [2.24, 2.45) is 5.73 Å². The third-order valence-corrected chi connectivity index (χ3v) is 8.71. The predicted octanol–water partition coefficient (Wildman–Crippen LogP) is 6.52. The van der Waals surface area contributed by atoms with Crippen LogP contribution in [0.5, 0.6) is 0 Å². The van der Waals surface area contributed by atoms with Crippen LogP contribution < -0.4 is 5.73 Å². The van der Waals surface area contributed by atoms with Gasteiger partial charge in [-0.05, 0) is 31.2 Å². The standard InChI is InChI=1S/C35H62N2O5/c1-3-4-5-6-7-8-9-10-11-12-13-14-15-16-20-26-31(38)37(27-22-21-25-29-23-18-17-19-24-29)28-30-33(39)34(40)32(36)35(41-2)42-30/h17-19,23-24,30,32-35,39-40H,3-16,20-22,25-28,36H2,1-2H3/t30-,32-,33-,34-,35+/m1/s1. The molecule has 7 heteroatoms. The highest BCUT2D eigenvalue weighted by atomic mass is 16.7. The summed E-state index contributed by atoms with van der Waals surface area (Å²) in [5.41, 5.74) is 7.25. The molecule has 0 aromatic heterocycles. The first-order valence-electron chi connectivity index (χ1n) is 17.1. The zero-order chi connectivity index (χ0) is 30.4. The molecule has 2 rings (SSSR count). The Hall–Kier alpha value is -1.51. The second kappa shape index (κ2) is 22.9. The van der Waals surface area contributed by atoms with Gasteiger partial charge in [-0.3, -0.25) is 4.79 Å². The molecule has 0 unspecified atom stereocenters. The number of methoxy groups -OCH3 is 1. The number of aliphatic hydroxyl groups excluding tert-OH is 2. The normalized spacial score (nSPS) is 22.4. The summed E-state index contributed by atoms with van der Waals surface area (Å²) in [6.45, 7) is 3.08. The fourth-order valence-corrected chi connectivity index (χ4v) is 5.93. The predicted molar refractivity (Wildman–Crippen MR) is 171 cm³/mol. The van der Waals surface area contributed by atoms with E-state index in [1.54, 1.807) is 4.90 Å². The van der Waals surface area contributed by atoms with Gasteiger partial charge in [-0.15, -0.1) is 0 Å². The summed E-state index contributed by atoms with van der Waals surface area (Å²) in [6.07, 6.45) is 18.8. The fourth-order valence-electron chi connectivity index (χ4n) is 5.93. The first-order chi connectivity index (χ1) is 20.5. The average molecular weight is 591 g/mol. The molecule has 1 aliphatic rings. The quantitative estimate of drug-likeness (QED) is 0.118. The van der Waals surface area contributed by atoms with Crippen molar-refractivity contribution in [2.45, 2.75) is 160 Å². The van der Waals surface area contributed by atoms with E-state index < -0.39 is 30.6 Å². The zero-order valence-electron chi connectivity index (χ0n) is 26.8. The summed E-state index contributed by atoms with van der Waals surface area (Å²) < 4.78 is 11.1. The molecule has 1 saturated heterocycles. The molecule has 0 radical (unpaired) electrons. The lowest BCUT2D eigenvalue weighted by molar-refractivity contribution is -0.254. The van der Waals surface area contributed by atoms with Crippen LogP contribution in [-0.4, -0.2) is 71.9 Å². The minimum Gasteiger partial charge on any atom is -0.388 e. The Morgan fingerprint density at radius 3 is 1.90 bits per heavy atom. The van der Waals surface area contributed by atoms with E-state index in [1.165, 1.54) is 96.1 Å². The van der Waals surface area contributed by atoms with Gasteiger partial charge < -0.3 is 30.3 Å². The molecule has 5 atom stereocenters. The Morgan fingerprint density at radius 1 is 0.810 bits per heavy atom. The second-order valence-electron chi connectivity index (χ2n) is 12.3. The number of unbranched alkanes of at least 4 members (excludes halogenated alkanes) is 15. The van der Waals surface area contributed by atoms with Crippen LogP contribution in [0.3, 0.4) is 0 Å². The Bertz CT molecular complexity index is 793. The summed E-state index contributed by atoms with van der Waals surface area (Å²) in [5.74, 6) is 0.0820. The van der Waals surface area contributed by atoms with Crippen molar-refractivity contribution < 1.29 is 24.5 Å². The van der Waals surface area contributed by atoms with Gasteiger partial charge in [-0.2, -0.15) is 0 Å². The third kappa shape index (κ3) is 14.8. The van der Waals surface area contributed by atoms with E-state index >= 15 is 0 Å². The summed E-state index contributed by atoms with van der Waals surface area (Å²) in [5, 5.41) is 21.1. The van der Waals surface area contributed by atoms with Crippen LogP contribution in [0, 0.1) is 0 Å². The Labute approximate surface area is 256 Å². The first-order valence-corrected chi connectivity index (χ1v) is 17.1. The summed E-state index contributed by atoms with van der Waals surface area (Å²) in [4.78, 5) is 15.1. The van der Waals surface area contributed by atoms with Gasteiger partial charge in [0.05, 0.1) is 6.04 Å². The summed E-state index contributed by atoms with van der Waals surface area (Å²) in [7, 11) is 1.47. The van der Waals surface area contributed by atoms with Crippen LogP contribution in [0.25, 0.3) is 0 Å². The maximum atomic E-state index is 13.3. The molecule has 4 N–H and O–H groups in total. The van der Waals surface area contributed by atoms with E-state index in [9.17, 15) is 15.0 Å². The van der Waals surface area contributed by atoms with Crippen molar-refractivity contribution >= 4 is 5.91 Å². The van der Waals surface area contributed by atoms with Crippen LogP contribution in [0.15, 0.2) is 30.3 Å². The number of nitrogens with two attached hydrogens (primary N) is 1. The highest BCUT2D eigenvalue weighted by molar-refractivity contribution is 5.76. The highest BCUT2D eigenvalue weighted by Gasteiger charge is 2.43. The molecular formula is C35H62N2O5. The van der Waals surface area contributed by atoms with Gasteiger partial charge in [-0.1, -0.05) is 127 Å². The Balaban J connectivity index is 1.68. The first kappa shape index (κ1) is 36.7. The van der Waals surface area contributed by atoms with Gasteiger partial charge >= 0.3 is 0 Å². The number of hydrogen-bond acceptors (Lipinski definition) is 6. The van der Waals surface area contributed by atoms with Crippen LogP contribution >= 0.6 is 0 Å². The lowest BCUT2D eigenvalue weighted by Crippen LogP contribution is -2.63. The molecule has 0 aliphatic carbocycles. The lowest BCUT2D eigenvalue weighted by atomic mass is 9.96. The maximum Gasteiger partial charge on any atom is 0.222 e. The number of aryl methyl sites for hydroxylation is 1. The average Bonchev–Trinajstić information content (AvgIpc) is 3.01. The number of carbonyl (C=O) groups excluding carboxylic acids is 1. The molecule has 42 heavy (non-hydrogen) atoms. The van der Waals surface area contributed by atoms with Gasteiger partial charge in [0.2, 0.25) is 5.91 Å². The van der Waals surface area contributed by atoms with E-state index in [1.807, 2.05) is 18.2 Å². The van der Waals surface area contributed by atoms with Crippen LogP contribution in [-0.2, 0) is 20.7 Å². The van der Waals surface area contributed by atoms with E-state index in [4.69, 9.17) is 15.2 Å². The second-order valence-corrected chi connectivity index (χ2v) is 12.3. The summed E-state index contributed by atoms with van der Waals surface area (Å²) in [6, 6.07) is 9.53. The molecule has 242 valence electrons. The smallest absolute Gasteiger partial charge is 0.222 e. The molecule has 7 nitrogen and oxygen atoms in total. The van der Waals surface area contributed by atoms with E-state index in [-0.39, 0.29) is 12.5 Å². The zero-order valence-corrected chi connectivity index (χ0v) is 26.8. The maximum absolute atomic E-state index is 13.3.